The molecule has 0 aromatic heterocycles. The van der Waals surface area contributed by atoms with E-state index in [0.29, 0.717) is 0 Å². The molecule has 2 unspecified atom stereocenters. The first-order valence-corrected chi connectivity index (χ1v) is 3.59. The first-order valence-electron chi connectivity index (χ1n) is 1.53. The Kier molecular flexibility index (Phi) is 6.77. The molecule has 0 aliphatic carbocycles. The van der Waals surface area contributed by atoms with Crippen LogP contribution in [-0.2, 0) is 27.3 Å². The van der Waals surface area contributed by atoms with Gasteiger partial charge < -0.3 is 9.11 Å². The predicted molar refractivity (Wildman–Crippen MR) is 32.5 cm³/mol. The highest BCUT2D eigenvalue weighted by Crippen LogP contribution is 1.88. The average molecular weight is 187 g/mol. The zero-order chi connectivity index (χ0) is 7.44. The van der Waals surface area contributed by atoms with Gasteiger partial charge in [0.1, 0.15) is 0 Å². The van der Waals surface area contributed by atoms with Gasteiger partial charge in [-0.2, -0.15) is 3.71 Å². The molecule has 0 aliphatic rings. The third-order valence-electron chi connectivity index (χ3n) is 0.380. The summed E-state index contributed by atoms with van der Waals surface area (Å²) in [5.41, 5.74) is 0. The number of carbonyl (C=O) groups is 1. The Hall–Kier alpha value is -0.310. The summed E-state index contributed by atoms with van der Waals surface area (Å²) < 4.78 is 38.3. The number of carbonyl (C=O) groups excluding carboxylic acids is 1. The second-order valence-electron chi connectivity index (χ2n) is 0.825. The summed E-state index contributed by atoms with van der Waals surface area (Å²) in [6, 6.07) is 0. The van der Waals surface area contributed by atoms with E-state index in [0.717, 1.165) is 0 Å². The highest BCUT2D eigenvalue weighted by Gasteiger charge is 1.98. The quantitative estimate of drug-likeness (QED) is 0.402. The molecule has 1 amide bonds. The molecule has 0 radical (unpaired) electrons. The Bertz CT molecular complexity index is 144. The molecule has 0 aromatic rings. The third kappa shape index (κ3) is 3.67. The maximum absolute atomic E-state index is 9.67. The van der Waals surface area contributed by atoms with Crippen LogP contribution in [0.3, 0.4) is 0 Å². The molecule has 0 heterocycles. The Morgan fingerprint density at radius 2 is 1.50 bits per heavy atom. The molecule has 10 heavy (non-hydrogen) atoms. The Labute approximate surface area is 63.1 Å². The first-order chi connectivity index (χ1) is 4.09. The van der Waals surface area contributed by atoms with Crippen LogP contribution in [0.5, 0.6) is 0 Å². The summed E-state index contributed by atoms with van der Waals surface area (Å²) in [6.45, 7) is 0. The second kappa shape index (κ2) is 5.47. The van der Waals surface area contributed by atoms with Crippen LogP contribution < -0.4 is 0 Å². The van der Waals surface area contributed by atoms with Gasteiger partial charge in [0.2, 0.25) is 6.41 Å². The van der Waals surface area contributed by atoms with Crippen LogP contribution in [0.15, 0.2) is 0 Å². The standard InChI is InChI=1S/CH3NO5S2.CH4/c3-1-2(8(4)5)9(6)7;/h1H,(H,4,5)(H,6,7);1H4/p-2. The van der Waals surface area contributed by atoms with Crippen molar-refractivity contribution in [1.29, 1.82) is 0 Å². The smallest absolute Gasteiger partial charge is 0.232 e. The van der Waals surface area contributed by atoms with Gasteiger partial charge in [-0.3, -0.25) is 13.2 Å². The van der Waals surface area contributed by atoms with Gasteiger partial charge in [0.05, 0.1) is 22.5 Å². The topological polar surface area (TPSA) is 101 Å². The molecule has 0 aromatic carbocycles. The predicted octanol–water partition coefficient (Wildman–Crippen LogP) is -1.33. The highest BCUT2D eigenvalue weighted by atomic mass is 32.3. The van der Waals surface area contributed by atoms with Crippen LogP contribution in [0.25, 0.3) is 0 Å². The number of rotatable bonds is 3. The monoisotopic (exact) mass is 187 g/mol. The van der Waals surface area contributed by atoms with Crippen LogP contribution in [0.2, 0.25) is 0 Å². The molecule has 6 nitrogen and oxygen atoms in total. The van der Waals surface area contributed by atoms with E-state index in [1.54, 1.807) is 0 Å². The van der Waals surface area contributed by atoms with E-state index in [4.69, 9.17) is 0 Å². The molecule has 0 aliphatic heterocycles. The Morgan fingerprint density at radius 1 is 1.20 bits per heavy atom. The average Bonchev–Trinajstić information content (AvgIpc) is 1.64. The molecule has 0 saturated carbocycles. The van der Waals surface area contributed by atoms with Crippen LogP contribution in [0.1, 0.15) is 7.43 Å². The lowest BCUT2D eigenvalue weighted by Crippen LogP contribution is -2.25. The molecule has 2 atom stereocenters. The van der Waals surface area contributed by atoms with Crippen LogP contribution in [-0.4, -0.2) is 27.6 Å². The number of hydrogen-bond acceptors (Lipinski definition) is 5. The molecule has 0 rings (SSSR count). The van der Waals surface area contributed by atoms with E-state index < -0.39 is 22.5 Å². The van der Waals surface area contributed by atoms with E-state index in [1.807, 2.05) is 0 Å². The molecule has 0 fully saturated rings. The van der Waals surface area contributed by atoms with Crippen molar-refractivity contribution in [3.63, 3.8) is 0 Å². The van der Waals surface area contributed by atoms with Crippen molar-refractivity contribution in [2.24, 2.45) is 0 Å². The lowest BCUT2D eigenvalue weighted by atomic mass is 11.5. The minimum Gasteiger partial charge on any atom is -0.754 e. The molecule has 0 saturated heterocycles. The van der Waals surface area contributed by atoms with Gasteiger partial charge in [-0.05, 0) is 0 Å². The molecule has 8 heteroatoms. The maximum Gasteiger partial charge on any atom is 0.232 e. The van der Waals surface area contributed by atoms with Crippen molar-refractivity contribution < 1.29 is 22.3 Å². The summed E-state index contributed by atoms with van der Waals surface area (Å²) in [4.78, 5) is 9.53. The van der Waals surface area contributed by atoms with Gasteiger partial charge in [-0.25, -0.2) is 0 Å². The van der Waals surface area contributed by atoms with Gasteiger partial charge >= 0.3 is 0 Å². The summed E-state index contributed by atoms with van der Waals surface area (Å²) >= 11 is -6.06. The zero-order valence-electron chi connectivity index (χ0n) is 3.88. The Morgan fingerprint density at radius 3 is 1.50 bits per heavy atom. The van der Waals surface area contributed by atoms with Crippen molar-refractivity contribution in [3.05, 3.63) is 0 Å². The summed E-state index contributed by atoms with van der Waals surface area (Å²) in [5.74, 6) is 0. The van der Waals surface area contributed by atoms with Crippen LogP contribution >= 0.6 is 0 Å². The molecule has 0 N–H and O–H groups in total. The molecule has 0 bridgehead atoms. The van der Waals surface area contributed by atoms with Crippen molar-refractivity contribution in [2.75, 3.05) is 0 Å². The normalized spacial score (nSPS) is 14.6. The number of hydrogen-bond donors (Lipinski definition) is 0. The van der Waals surface area contributed by atoms with Crippen molar-refractivity contribution in [2.45, 2.75) is 7.43 Å². The van der Waals surface area contributed by atoms with Crippen LogP contribution in [0, 0.1) is 0 Å². The van der Waals surface area contributed by atoms with Crippen molar-refractivity contribution in [3.8, 4) is 0 Å². The minimum atomic E-state index is -3.03. The van der Waals surface area contributed by atoms with E-state index in [9.17, 15) is 22.3 Å². The SMILES string of the molecule is C.O=CN(S(=O)[O-])S(=O)[O-]. The van der Waals surface area contributed by atoms with Crippen molar-refractivity contribution in [1.82, 2.24) is 3.71 Å². The van der Waals surface area contributed by atoms with Gasteiger partial charge in [0, 0.05) is 0 Å². The highest BCUT2D eigenvalue weighted by molar-refractivity contribution is 7.93. The molecule has 0 spiro atoms. The van der Waals surface area contributed by atoms with E-state index in [1.165, 1.54) is 0 Å². The van der Waals surface area contributed by atoms with E-state index in [-0.39, 0.29) is 17.5 Å². The fraction of sp³-hybridized carbons (Fsp3) is 0.500. The zero-order valence-corrected chi connectivity index (χ0v) is 5.52. The summed E-state index contributed by atoms with van der Waals surface area (Å²) in [5, 5.41) is 0. The Balaban J connectivity index is 0. The largest absolute Gasteiger partial charge is 0.754 e. The third-order valence-corrected chi connectivity index (χ3v) is 1.87. The lowest BCUT2D eigenvalue weighted by Gasteiger charge is -2.19. The maximum atomic E-state index is 9.67. The lowest BCUT2D eigenvalue weighted by molar-refractivity contribution is -0.111. The van der Waals surface area contributed by atoms with E-state index in [2.05, 4.69) is 0 Å². The van der Waals surface area contributed by atoms with Gasteiger partial charge in [0.25, 0.3) is 0 Å². The fourth-order valence-electron chi connectivity index (χ4n) is 0.120. The molecule has 62 valence electrons. The van der Waals surface area contributed by atoms with Gasteiger partial charge in [0.15, 0.2) is 0 Å². The summed E-state index contributed by atoms with van der Waals surface area (Å²) in [6.07, 6.45) is -0.327. The number of nitrogens with zero attached hydrogens (tertiary/aromatic N) is 1. The van der Waals surface area contributed by atoms with E-state index >= 15 is 0 Å². The van der Waals surface area contributed by atoms with Crippen LogP contribution in [0.4, 0.5) is 0 Å². The summed E-state index contributed by atoms with van der Waals surface area (Å²) in [7, 11) is 0. The molecular formula is C2H5NO5S2-2. The second-order valence-corrected chi connectivity index (χ2v) is 2.71. The van der Waals surface area contributed by atoms with Gasteiger partial charge in [-0.1, -0.05) is 7.43 Å². The molecular weight excluding hydrogens is 182 g/mol. The fourth-order valence-corrected chi connectivity index (χ4v) is 0.658. The minimum absolute atomic E-state index is 0. The first kappa shape index (κ1) is 12.4. The van der Waals surface area contributed by atoms with Gasteiger partial charge in [-0.15, -0.1) is 0 Å². The number of amides is 1. The van der Waals surface area contributed by atoms with Crippen molar-refractivity contribution >= 4 is 28.9 Å².